The van der Waals surface area contributed by atoms with Gasteiger partial charge in [-0.25, -0.2) is 4.39 Å². The summed E-state index contributed by atoms with van der Waals surface area (Å²) >= 11 is 0. The average Bonchev–Trinajstić information content (AvgIpc) is 2.42. The van der Waals surface area contributed by atoms with Gasteiger partial charge in [-0.3, -0.25) is 4.79 Å². The van der Waals surface area contributed by atoms with Gasteiger partial charge in [0, 0.05) is 6.04 Å². The summed E-state index contributed by atoms with van der Waals surface area (Å²) in [6.45, 7) is 3.46. The first kappa shape index (κ1) is 14.8. The normalized spacial score (nSPS) is 16.8. The lowest BCUT2D eigenvalue weighted by Crippen LogP contribution is -2.50. The molecular weight excluding hydrogens is 257 g/mol. The molecule has 1 aliphatic rings. The fraction of sp³-hybridized carbons (Fsp3) is 0.562. The quantitative estimate of drug-likeness (QED) is 0.917. The summed E-state index contributed by atoms with van der Waals surface area (Å²) < 4.78 is 18.5. The summed E-state index contributed by atoms with van der Waals surface area (Å²) in [5, 5.41) is 3.05. The summed E-state index contributed by atoms with van der Waals surface area (Å²) in [5.41, 5.74) is -0.963. The Morgan fingerprint density at radius 1 is 1.20 bits per heavy atom. The Kier molecular flexibility index (Phi) is 4.63. The zero-order valence-corrected chi connectivity index (χ0v) is 12.1. The van der Waals surface area contributed by atoms with E-state index in [1.54, 1.807) is 13.8 Å². The first-order chi connectivity index (χ1) is 9.47. The number of halogens is 1. The Hall–Kier alpha value is -1.58. The maximum absolute atomic E-state index is 12.9. The Bertz CT molecular complexity index is 450. The van der Waals surface area contributed by atoms with E-state index < -0.39 is 5.60 Å². The third-order valence-electron chi connectivity index (χ3n) is 3.67. The van der Waals surface area contributed by atoms with Gasteiger partial charge in [-0.15, -0.1) is 0 Å². The van der Waals surface area contributed by atoms with E-state index >= 15 is 0 Å². The minimum atomic E-state index is -0.963. The molecule has 1 saturated carbocycles. The summed E-state index contributed by atoms with van der Waals surface area (Å²) in [7, 11) is 0. The van der Waals surface area contributed by atoms with E-state index in [0.29, 0.717) is 5.75 Å². The minimum Gasteiger partial charge on any atom is -0.478 e. The van der Waals surface area contributed by atoms with Crippen molar-refractivity contribution in [3.63, 3.8) is 0 Å². The molecule has 2 rings (SSSR count). The number of ether oxygens (including phenoxy) is 1. The largest absolute Gasteiger partial charge is 0.478 e. The van der Waals surface area contributed by atoms with Gasteiger partial charge >= 0.3 is 0 Å². The molecule has 0 bridgehead atoms. The zero-order chi connectivity index (χ0) is 14.6. The molecule has 1 aromatic rings. The van der Waals surface area contributed by atoms with Crippen molar-refractivity contribution in [1.29, 1.82) is 0 Å². The molecule has 110 valence electrons. The SMILES string of the molecule is CC(C)(Oc1ccc(F)cc1)C(=O)NC1CCCCC1. The average molecular weight is 279 g/mol. The Morgan fingerprint density at radius 3 is 2.40 bits per heavy atom. The highest BCUT2D eigenvalue weighted by Crippen LogP contribution is 2.21. The van der Waals surface area contributed by atoms with Crippen LogP contribution in [0.4, 0.5) is 4.39 Å². The lowest BCUT2D eigenvalue weighted by Gasteiger charge is -2.29. The fourth-order valence-electron chi connectivity index (χ4n) is 2.45. The predicted octanol–water partition coefficient (Wildman–Crippen LogP) is 3.43. The highest BCUT2D eigenvalue weighted by molar-refractivity contribution is 5.84. The van der Waals surface area contributed by atoms with Crippen LogP contribution in [0.3, 0.4) is 0 Å². The molecule has 0 aliphatic heterocycles. The number of hydrogen-bond donors (Lipinski definition) is 1. The highest BCUT2D eigenvalue weighted by atomic mass is 19.1. The maximum Gasteiger partial charge on any atom is 0.263 e. The van der Waals surface area contributed by atoms with Gasteiger partial charge in [0.05, 0.1) is 0 Å². The Labute approximate surface area is 119 Å². The van der Waals surface area contributed by atoms with Gasteiger partial charge < -0.3 is 10.1 Å². The lowest BCUT2D eigenvalue weighted by molar-refractivity contribution is -0.135. The summed E-state index contributed by atoms with van der Waals surface area (Å²) in [6, 6.07) is 5.97. The predicted molar refractivity (Wildman–Crippen MR) is 76.1 cm³/mol. The van der Waals surface area contributed by atoms with E-state index in [0.717, 1.165) is 12.8 Å². The van der Waals surface area contributed by atoms with Crippen molar-refractivity contribution in [3.05, 3.63) is 30.1 Å². The van der Waals surface area contributed by atoms with Gasteiger partial charge in [-0.05, 0) is 51.0 Å². The second-order valence-electron chi connectivity index (χ2n) is 5.87. The Balaban J connectivity index is 1.94. The molecule has 1 fully saturated rings. The molecule has 1 aliphatic carbocycles. The molecule has 1 aromatic carbocycles. The van der Waals surface area contributed by atoms with Crippen molar-refractivity contribution in [1.82, 2.24) is 5.32 Å². The number of hydrogen-bond acceptors (Lipinski definition) is 2. The fourth-order valence-corrected chi connectivity index (χ4v) is 2.45. The summed E-state index contributed by atoms with van der Waals surface area (Å²) in [4.78, 5) is 12.3. The van der Waals surface area contributed by atoms with Crippen LogP contribution in [-0.2, 0) is 4.79 Å². The van der Waals surface area contributed by atoms with Crippen LogP contribution in [0.25, 0.3) is 0 Å². The van der Waals surface area contributed by atoms with E-state index in [1.165, 1.54) is 43.5 Å². The van der Waals surface area contributed by atoms with Crippen LogP contribution in [0.2, 0.25) is 0 Å². The Morgan fingerprint density at radius 2 is 1.80 bits per heavy atom. The molecule has 20 heavy (non-hydrogen) atoms. The summed E-state index contributed by atoms with van der Waals surface area (Å²) in [6.07, 6.45) is 5.67. The molecule has 0 unspecified atom stereocenters. The van der Waals surface area contributed by atoms with Gasteiger partial charge in [0.2, 0.25) is 0 Å². The monoisotopic (exact) mass is 279 g/mol. The molecular formula is C16H22FNO2. The van der Waals surface area contributed by atoms with Gasteiger partial charge in [-0.1, -0.05) is 19.3 Å². The van der Waals surface area contributed by atoms with E-state index in [9.17, 15) is 9.18 Å². The van der Waals surface area contributed by atoms with Crippen LogP contribution in [0.1, 0.15) is 46.0 Å². The number of carbonyl (C=O) groups is 1. The van der Waals surface area contributed by atoms with Crippen LogP contribution in [0, 0.1) is 5.82 Å². The standard InChI is InChI=1S/C16H22FNO2/c1-16(2,20-14-10-8-12(17)9-11-14)15(19)18-13-6-4-3-5-7-13/h8-11,13H,3-7H2,1-2H3,(H,18,19). The third kappa shape index (κ3) is 3.95. The number of nitrogens with one attached hydrogen (secondary N) is 1. The van der Waals surface area contributed by atoms with Crippen LogP contribution in [0.15, 0.2) is 24.3 Å². The van der Waals surface area contributed by atoms with Crippen molar-refractivity contribution in [3.8, 4) is 5.75 Å². The molecule has 0 heterocycles. The smallest absolute Gasteiger partial charge is 0.263 e. The molecule has 1 amide bonds. The first-order valence-corrected chi connectivity index (χ1v) is 7.23. The van der Waals surface area contributed by atoms with E-state index in [-0.39, 0.29) is 17.8 Å². The number of carbonyl (C=O) groups excluding carboxylic acids is 1. The van der Waals surface area contributed by atoms with Crippen molar-refractivity contribution >= 4 is 5.91 Å². The van der Waals surface area contributed by atoms with Crippen molar-refractivity contribution in [2.45, 2.75) is 57.6 Å². The van der Waals surface area contributed by atoms with Gasteiger partial charge in [0.15, 0.2) is 5.60 Å². The summed E-state index contributed by atoms with van der Waals surface area (Å²) in [5.74, 6) is 0.0609. The number of rotatable bonds is 4. The van der Waals surface area contributed by atoms with Gasteiger partial charge in [0.25, 0.3) is 5.91 Å². The van der Waals surface area contributed by atoms with Gasteiger partial charge in [0.1, 0.15) is 11.6 Å². The number of amides is 1. The maximum atomic E-state index is 12.9. The second-order valence-corrected chi connectivity index (χ2v) is 5.87. The van der Waals surface area contributed by atoms with E-state index in [1.807, 2.05) is 0 Å². The van der Waals surface area contributed by atoms with Crippen LogP contribution < -0.4 is 10.1 Å². The molecule has 0 aromatic heterocycles. The zero-order valence-electron chi connectivity index (χ0n) is 12.1. The highest BCUT2D eigenvalue weighted by Gasteiger charge is 2.31. The first-order valence-electron chi connectivity index (χ1n) is 7.23. The number of benzene rings is 1. The van der Waals surface area contributed by atoms with Crippen LogP contribution in [-0.4, -0.2) is 17.6 Å². The van der Waals surface area contributed by atoms with Crippen molar-refractivity contribution in [2.75, 3.05) is 0 Å². The molecule has 4 heteroatoms. The van der Waals surface area contributed by atoms with Crippen LogP contribution >= 0.6 is 0 Å². The molecule has 0 atom stereocenters. The topological polar surface area (TPSA) is 38.3 Å². The molecule has 1 N–H and O–H groups in total. The van der Waals surface area contributed by atoms with Crippen molar-refractivity contribution < 1.29 is 13.9 Å². The lowest BCUT2D eigenvalue weighted by atomic mass is 9.94. The molecule has 0 radical (unpaired) electrons. The van der Waals surface area contributed by atoms with Crippen LogP contribution in [0.5, 0.6) is 5.75 Å². The second kappa shape index (κ2) is 6.25. The molecule has 0 spiro atoms. The van der Waals surface area contributed by atoms with Gasteiger partial charge in [-0.2, -0.15) is 0 Å². The van der Waals surface area contributed by atoms with E-state index in [4.69, 9.17) is 4.74 Å². The van der Waals surface area contributed by atoms with Crippen molar-refractivity contribution in [2.24, 2.45) is 0 Å². The minimum absolute atomic E-state index is 0.117. The van der Waals surface area contributed by atoms with E-state index in [2.05, 4.69) is 5.32 Å². The third-order valence-corrected chi connectivity index (χ3v) is 3.67. The molecule has 0 saturated heterocycles. The molecule has 3 nitrogen and oxygen atoms in total.